The summed E-state index contributed by atoms with van der Waals surface area (Å²) in [4.78, 5) is 30.6. The molecule has 2 amide bonds. The van der Waals surface area contributed by atoms with Crippen molar-refractivity contribution < 1.29 is 19.1 Å². The lowest BCUT2D eigenvalue weighted by molar-refractivity contribution is -0.129. The van der Waals surface area contributed by atoms with Gasteiger partial charge in [0.1, 0.15) is 0 Å². The Balaban J connectivity index is 1.58. The largest absolute Gasteiger partial charge is 0.493 e. The Labute approximate surface area is 158 Å². The van der Waals surface area contributed by atoms with Crippen molar-refractivity contribution in [2.45, 2.75) is 19.5 Å². The van der Waals surface area contributed by atoms with Gasteiger partial charge < -0.3 is 19.7 Å². The van der Waals surface area contributed by atoms with Crippen LogP contribution >= 0.6 is 0 Å². The SMILES string of the molecule is COc1ccc(CN2CC(C(=O)NCc3ccccn3)CC2=O)cc1OC. The number of carbonyl (C=O) groups excluding carboxylic acids is 2. The average molecular weight is 369 g/mol. The van der Waals surface area contributed by atoms with Crippen LogP contribution in [0.4, 0.5) is 0 Å². The minimum absolute atomic E-state index is 0.0252. The zero-order valence-electron chi connectivity index (χ0n) is 15.5. The van der Waals surface area contributed by atoms with E-state index in [2.05, 4.69) is 10.3 Å². The summed E-state index contributed by atoms with van der Waals surface area (Å²) in [5.74, 6) is 0.764. The lowest BCUT2D eigenvalue weighted by Crippen LogP contribution is -2.32. The van der Waals surface area contributed by atoms with Crippen LogP contribution < -0.4 is 14.8 Å². The fraction of sp³-hybridized carbons (Fsp3) is 0.350. The van der Waals surface area contributed by atoms with Gasteiger partial charge >= 0.3 is 0 Å². The summed E-state index contributed by atoms with van der Waals surface area (Å²) in [6.07, 6.45) is 1.91. The number of nitrogens with one attached hydrogen (secondary N) is 1. The highest BCUT2D eigenvalue weighted by atomic mass is 16.5. The smallest absolute Gasteiger partial charge is 0.225 e. The van der Waals surface area contributed by atoms with E-state index >= 15 is 0 Å². The van der Waals surface area contributed by atoms with Crippen molar-refractivity contribution in [3.63, 3.8) is 0 Å². The van der Waals surface area contributed by atoms with E-state index in [0.29, 0.717) is 31.1 Å². The molecule has 3 rings (SSSR count). The number of benzene rings is 1. The number of amides is 2. The Kier molecular flexibility index (Phi) is 5.90. The molecule has 7 nitrogen and oxygen atoms in total. The molecule has 1 N–H and O–H groups in total. The zero-order chi connectivity index (χ0) is 19.2. The monoisotopic (exact) mass is 369 g/mol. The molecule has 1 saturated heterocycles. The van der Waals surface area contributed by atoms with Gasteiger partial charge in [0.2, 0.25) is 11.8 Å². The summed E-state index contributed by atoms with van der Waals surface area (Å²) >= 11 is 0. The summed E-state index contributed by atoms with van der Waals surface area (Å²) < 4.78 is 10.5. The van der Waals surface area contributed by atoms with E-state index in [9.17, 15) is 9.59 Å². The van der Waals surface area contributed by atoms with Gasteiger partial charge in [-0.05, 0) is 29.8 Å². The summed E-state index contributed by atoms with van der Waals surface area (Å²) in [6.45, 7) is 1.20. The van der Waals surface area contributed by atoms with Gasteiger partial charge in [-0.25, -0.2) is 0 Å². The predicted molar refractivity (Wildman–Crippen MR) is 99.2 cm³/mol. The van der Waals surface area contributed by atoms with Gasteiger partial charge in [-0.1, -0.05) is 12.1 Å². The second-order valence-corrected chi connectivity index (χ2v) is 6.40. The van der Waals surface area contributed by atoms with Crippen LogP contribution in [0, 0.1) is 5.92 Å². The molecule has 1 aromatic heterocycles. The average Bonchev–Trinajstić information content (AvgIpc) is 3.07. The third-order valence-corrected chi connectivity index (χ3v) is 4.58. The van der Waals surface area contributed by atoms with E-state index in [1.807, 2.05) is 36.4 Å². The van der Waals surface area contributed by atoms with Crippen LogP contribution in [0.25, 0.3) is 0 Å². The summed E-state index contributed by atoms with van der Waals surface area (Å²) in [5.41, 5.74) is 1.72. The van der Waals surface area contributed by atoms with Crippen molar-refractivity contribution in [2.75, 3.05) is 20.8 Å². The molecule has 7 heteroatoms. The Morgan fingerprint density at radius 1 is 1.22 bits per heavy atom. The number of likely N-dealkylation sites (tertiary alicyclic amines) is 1. The highest BCUT2D eigenvalue weighted by Gasteiger charge is 2.34. The maximum absolute atomic E-state index is 12.4. The minimum atomic E-state index is -0.346. The second-order valence-electron chi connectivity index (χ2n) is 6.40. The number of nitrogens with zero attached hydrogens (tertiary/aromatic N) is 2. The Hall–Kier alpha value is -3.09. The molecule has 1 atom stereocenters. The van der Waals surface area contributed by atoms with Gasteiger partial charge in [-0.3, -0.25) is 14.6 Å². The van der Waals surface area contributed by atoms with E-state index in [1.165, 1.54) is 0 Å². The first-order chi connectivity index (χ1) is 13.1. The quantitative estimate of drug-likeness (QED) is 0.804. The highest BCUT2D eigenvalue weighted by Crippen LogP contribution is 2.29. The first kappa shape index (κ1) is 18.7. The predicted octanol–water partition coefficient (Wildman–Crippen LogP) is 1.76. The molecule has 0 saturated carbocycles. The standard InChI is InChI=1S/C20H23N3O4/c1-26-17-7-6-14(9-18(17)27-2)12-23-13-15(10-19(23)24)20(25)22-11-16-5-3-4-8-21-16/h3-9,15H,10-13H2,1-2H3,(H,22,25). The molecule has 142 valence electrons. The van der Waals surface area contributed by atoms with Crippen molar-refractivity contribution in [1.82, 2.24) is 15.2 Å². The molecule has 0 spiro atoms. The number of hydrogen-bond acceptors (Lipinski definition) is 5. The minimum Gasteiger partial charge on any atom is -0.493 e. The van der Waals surface area contributed by atoms with Gasteiger partial charge in [0.15, 0.2) is 11.5 Å². The lowest BCUT2D eigenvalue weighted by Gasteiger charge is -2.18. The maximum Gasteiger partial charge on any atom is 0.225 e. The zero-order valence-corrected chi connectivity index (χ0v) is 15.5. The molecule has 1 aromatic carbocycles. The number of carbonyl (C=O) groups is 2. The number of ether oxygens (including phenoxy) is 2. The molecular formula is C20H23N3O4. The molecule has 1 unspecified atom stereocenters. The van der Waals surface area contributed by atoms with Gasteiger partial charge in [0, 0.05) is 25.7 Å². The first-order valence-corrected chi connectivity index (χ1v) is 8.77. The number of hydrogen-bond donors (Lipinski definition) is 1. The van der Waals surface area contributed by atoms with Crippen LogP contribution in [0.15, 0.2) is 42.6 Å². The molecule has 1 aliphatic rings. The van der Waals surface area contributed by atoms with Crippen molar-refractivity contribution in [1.29, 1.82) is 0 Å². The van der Waals surface area contributed by atoms with E-state index < -0.39 is 0 Å². The molecule has 2 heterocycles. The topological polar surface area (TPSA) is 80.8 Å². The van der Waals surface area contributed by atoms with E-state index in [4.69, 9.17) is 9.47 Å². The van der Waals surface area contributed by atoms with Crippen molar-refractivity contribution in [2.24, 2.45) is 5.92 Å². The van der Waals surface area contributed by atoms with E-state index in [-0.39, 0.29) is 24.2 Å². The maximum atomic E-state index is 12.4. The fourth-order valence-electron chi connectivity index (χ4n) is 3.12. The van der Waals surface area contributed by atoms with Crippen LogP contribution in [-0.4, -0.2) is 42.5 Å². The number of aromatic nitrogens is 1. The molecule has 1 fully saturated rings. The third kappa shape index (κ3) is 4.55. The number of rotatable bonds is 7. The van der Waals surface area contributed by atoms with Crippen LogP contribution in [0.2, 0.25) is 0 Å². The molecule has 1 aliphatic heterocycles. The van der Waals surface area contributed by atoms with Crippen LogP contribution in [0.1, 0.15) is 17.7 Å². The van der Waals surface area contributed by atoms with E-state index in [0.717, 1.165) is 11.3 Å². The van der Waals surface area contributed by atoms with Crippen LogP contribution in [0.5, 0.6) is 11.5 Å². The molecular weight excluding hydrogens is 346 g/mol. The van der Waals surface area contributed by atoms with E-state index in [1.54, 1.807) is 25.3 Å². The third-order valence-electron chi connectivity index (χ3n) is 4.58. The van der Waals surface area contributed by atoms with Crippen molar-refractivity contribution >= 4 is 11.8 Å². The van der Waals surface area contributed by atoms with Crippen molar-refractivity contribution in [3.05, 3.63) is 53.9 Å². The molecule has 0 aliphatic carbocycles. The van der Waals surface area contributed by atoms with Gasteiger partial charge in [-0.2, -0.15) is 0 Å². The molecule has 0 bridgehead atoms. The normalized spacial score (nSPS) is 16.3. The van der Waals surface area contributed by atoms with Gasteiger partial charge in [-0.15, -0.1) is 0 Å². The Morgan fingerprint density at radius 2 is 2.04 bits per heavy atom. The summed E-state index contributed by atoms with van der Waals surface area (Å²) in [6, 6.07) is 11.1. The summed E-state index contributed by atoms with van der Waals surface area (Å²) in [5, 5.41) is 2.86. The molecule has 0 radical (unpaired) electrons. The second kappa shape index (κ2) is 8.53. The Morgan fingerprint density at radius 3 is 2.74 bits per heavy atom. The molecule has 27 heavy (non-hydrogen) atoms. The van der Waals surface area contributed by atoms with Gasteiger partial charge in [0.05, 0.1) is 32.4 Å². The fourth-order valence-corrected chi connectivity index (χ4v) is 3.12. The Bertz CT molecular complexity index is 810. The first-order valence-electron chi connectivity index (χ1n) is 8.77. The number of methoxy groups -OCH3 is 2. The van der Waals surface area contributed by atoms with Gasteiger partial charge in [0.25, 0.3) is 0 Å². The lowest BCUT2D eigenvalue weighted by atomic mass is 10.1. The summed E-state index contributed by atoms with van der Waals surface area (Å²) in [7, 11) is 3.15. The highest BCUT2D eigenvalue weighted by molar-refractivity contribution is 5.89. The van der Waals surface area contributed by atoms with Crippen LogP contribution in [-0.2, 0) is 22.7 Å². The van der Waals surface area contributed by atoms with Crippen molar-refractivity contribution in [3.8, 4) is 11.5 Å². The van der Waals surface area contributed by atoms with Crippen LogP contribution in [0.3, 0.4) is 0 Å². The molecule has 2 aromatic rings. The number of pyridine rings is 1.